The molecule has 0 saturated carbocycles. The van der Waals surface area contributed by atoms with Crippen LogP contribution >= 0.6 is 39.0 Å². The number of halogens is 1. The van der Waals surface area contributed by atoms with Gasteiger partial charge in [0.25, 0.3) is 0 Å². The molecule has 2 heterocycles. The van der Waals surface area contributed by atoms with Crippen molar-refractivity contribution in [2.75, 3.05) is 11.1 Å². The molecular weight excluding hydrogens is 434 g/mol. The Balaban J connectivity index is 1.58. The fourth-order valence-corrected chi connectivity index (χ4v) is 4.13. The maximum absolute atomic E-state index is 12.2. The molecule has 6 nitrogen and oxygen atoms in total. The molecule has 1 amide bonds. The first-order valence-corrected chi connectivity index (χ1v) is 10.8. The summed E-state index contributed by atoms with van der Waals surface area (Å²) in [6.45, 7) is 4.88. The second kappa shape index (κ2) is 8.79. The van der Waals surface area contributed by atoms with E-state index in [1.165, 1.54) is 23.1 Å². The van der Waals surface area contributed by atoms with E-state index < -0.39 is 0 Å². The van der Waals surface area contributed by atoms with E-state index in [0.717, 1.165) is 39.7 Å². The number of carbonyl (C=O) groups excluding carboxylic acids is 1. The van der Waals surface area contributed by atoms with Gasteiger partial charge in [0.05, 0.1) is 11.4 Å². The van der Waals surface area contributed by atoms with Crippen LogP contribution in [-0.4, -0.2) is 31.4 Å². The summed E-state index contributed by atoms with van der Waals surface area (Å²) >= 11 is 6.23. The van der Waals surface area contributed by atoms with Crippen LogP contribution in [0.25, 0.3) is 11.3 Å². The van der Waals surface area contributed by atoms with Gasteiger partial charge in [-0.25, -0.2) is 4.98 Å². The quantitative estimate of drug-likeness (QED) is 0.530. The lowest BCUT2D eigenvalue weighted by Gasteiger charge is -2.06. The monoisotopic (exact) mass is 451 g/mol. The number of benzene rings is 1. The molecule has 0 unspecified atom stereocenters. The Kier molecular flexibility index (Phi) is 6.44. The van der Waals surface area contributed by atoms with Gasteiger partial charge in [-0.1, -0.05) is 46.7 Å². The molecule has 1 N–H and O–H groups in total. The molecule has 0 spiro atoms. The molecule has 0 atom stereocenters. The Bertz CT molecular complexity index is 891. The molecular formula is C17H18BrN5OS2. The number of aryl methyl sites for hydroxylation is 1. The number of thiazole rings is 1. The van der Waals surface area contributed by atoms with Gasteiger partial charge in [-0.05, 0) is 25.5 Å². The first-order chi connectivity index (χ1) is 12.6. The summed E-state index contributed by atoms with van der Waals surface area (Å²) < 4.78 is 3.06. The molecule has 3 aromatic rings. The Morgan fingerprint density at radius 2 is 2.08 bits per heavy atom. The predicted molar refractivity (Wildman–Crippen MR) is 110 cm³/mol. The molecule has 0 bridgehead atoms. The zero-order valence-corrected chi connectivity index (χ0v) is 17.6. The molecule has 0 fully saturated rings. The van der Waals surface area contributed by atoms with E-state index in [4.69, 9.17) is 0 Å². The summed E-state index contributed by atoms with van der Waals surface area (Å²) in [4.78, 5) is 16.7. The molecule has 136 valence electrons. The topological polar surface area (TPSA) is 72.7 Å². The van der Waals surface area contributed by atoms with Crippen molar-refractivity contribution in [3.8, 4) is 11.3 Å². The number of rotatable bonds is 7. The lowest BCUT2D eigenvalue weighted by Crippen LogP contribution is -2.14. The van der Waals surface area contributed by atoms with Gasteiger partial charge >= 0.3 is 0 Å². The van der Waals surface area contributed by atoms with Crippen LogP contribution in [0.4, 0.5) is 5.13 Å². The third-order valence-corrected chi connectivity index (χ3v) is 5.83. The normalized spacial score (nSPS) is 10.9. The van der Waals surface area contributed by atoms with Gasteiger partial charge in [0.2, 0.25) is 5.91 Å². The van der Waals surface area contributed by atoms with Gasteiger partial charge in [-0.2, -0.15) is 0 Å². The summed E-state index contributed by atoms with van der Waals surface area (Å²) in [5.74, 6) is 1.04. The molecule has 9 heteroatoms. The highest BCUT2D eigenvalue weighted by Gasteiger charge is 2.13. The minimum absolute atomic E-state index is 0.101. The molecule has 0 saturated heterocycles. The second-order valence-corrected chi connectivity index (χ2v) is 8.28. The molecule has 2 aromatic heterocycles. The summed E-state index contributed by atoms with van der Waals surface area (Å²) in [6.07, 6.45) is 0.997. The minimum atomic E-state index is -0.101. The average Bonchev–Trinajstić information content (AvgIpc) is 3.22. The van der Waals surface area contributed by atoms with Crippen molar-refractivity contribution in [3.63, 3.8) is 0 Å². The van der Waals surface area contributed by atoms with Gasteiger partial charge < -0.3 is 9.88 Å². The highest BCUT2D eigenvalue weighted by atomic mass is 79.9. The number of nitrogens with one attached hydrogen (secondary N) is 1. The van der Waals surface area contributed by atoms with Crippen LogP contribution in [0.5, 0.6) is 0 Å². The fraction of sp³-hybridized carbons (Fsp3) is 0.294. The van der Waals surface area contributed by atoms with E-state index in [1.807, 2.05) is 41.1 Å². The summed E-state index contributed by atoms with van der Waals surface area (Å²) in [5.41, 5.74) is 1.87. The Morgan fingerprint density at radius 1 is 1.31 bits per heavy atom. The number of anilines is 1. The maximum atomic E-state index is 12.2. The van der Waals surface area contributed by atoms with Gasteiger partial charge in [0, 0.05) is 22.0 Å². The van der Waals surface area contributed by atoms with E-state index in [1.54, 1.807) is 0 Å². The van der Waals surface area contributed by atoms with Gasteiger partial charge in [-0.3, -0.25) is 4.79 Å². The smallest absolute Gasteiger partial charge is 0.236 e. The first-order valence-electron chi connectivity index (χ1n) is 8.10. The zero-order valence-electron chi connectivity index (χ0n) is 14.4. The van der Waals surface area contributed by atoms with Gasteiger partial charge in [0.1, 0.15) is 5.82 Å². The molecule has 1 aromatic carbocycles. The third kappa shape index (κ3) is 4.72. The number of carbonyl (C=O) groups is 1. The molecule has 0 aliphatic carbocycles. The zero-order chi connectivity index (χ0) is 18.5. The van der Waals surface area contributed by atoms with E-state index >= 15 is 0 Å². The second-order valence-electron chi connectivity index (χ2n) is 5.56. The molecule has 0 radical (unpaired) electrons. The molecule has 26 heavy (non-hydrogen) atoms. The lowest BCUT2D eigenvalue weighted by atomic mass is 10.2. The molecule has 0 aliphatic heterocycles. The van der Waals surface area contributed by atoms with Gasteiger partial charge in [0.15, 0.2) is 10.3 Å². The van der Waals surface area contributed by atoms with Crippen molar-refractivity contribution in [1.82, 2.24) is 19.7 Å². The van der Waals surface area contributed by atoms with Crippen LogP contribution in [0.2, 0.25) is 0 Å². The van der Waals surface area contributed by atoms with Gasteiger partial charge in [-0.15, -0.1) is 21.5 Å². The number of nitrogens with zero attached hydrogens (tertiary/aromatic N) is 4. The fourth-order valence-electron chi connectivity index (χ4n) is 2.32. The van der Waals surface area contributed by atoms with E-state index in [9.17, 15) is 4.79 Å². The highest BCUT2D eigenvalue weighted by Crippen LogP contribution is 2.26. The number of hydrogen-bond acceptors (Lipinski definition) is 6. The van der Waals surface area contributed by atoms with Crippen molar-refractivity contribution in [2.45, 2.75) is 32.0 Å². The number of hydrogen-bond donors (Lipinski definition) is 1. The lowest BCUT2D eigenvalue weighted by molar-refractivity contribution is -0.113. The van der Waals surface area contributed by atoms with Crippen LogP contribution in [-0.2, 0) is 11.3 Å². The standard InChI is InChI=1S/C17H18BrN5OS2/c1-3-8-23-11(2)21-22-17(23)26-10-15(24)20-16-19-14(9-25-16)12-4-6-13(18)7-5-12/h4-7,9H,3,8,10H2,1-2H3,(H,19,20,24). The van der Waals surface area contributed by atoms with E-state index in [0.29, 0.717) is 5.13 Å². The number of thioether (sulfide) groups is 1. The van der Waals surface area contributed by atoms with Crippen LogP contribution in [0, 0.1) is 6.92 Å². The van der Waals surface area contributed by atoms with Crippen molar-refractivity contribution in [2.24, 2.45) is 0 Å². The Hall–Kier alpha value is -1.71. The van der Waals surface area contributed by atoms with E-state index in [2.05, 4.69) is 43.4 Å². The molecule has 3 rings (SSSR count). The van der Waals surface area contributed by atoms with Crippen molar-refractivity contribution < 1.29 is 4.79 Å². The third-order valence-electron chi connectivity index (χ3n) is 3.57. The largest absolute Gasteiger partial charge is 0.306 e. The summed E-state index contributed by atoms with van der Waals surface area (Å²) in [5, 5.41) is 14.4. The van der Waals surface area contributed by atoms with Crippen LogP contribution < -0.4 is 5.32 Å². The summed E-state index contributed by atoms with van der Waals surface area (Å²) in [7, 11) is 0. The number of amides is 1. The van der Waals surface area contributed by atoms with Crippen molar-refractivity contribution >= 4 is 50.1 Å². The summed E-state index contributed by atoms with van der Waals surface area (Å²) in [6, 6.07) is 7.92. The maximum Gasteiger partial charge on any atom is 0.236 e. The Morgan fingerprint density at radius 3 is 2.81 bits per heavy atom. The van der Waals surface area contributed by atoms with E-state index in [-0.39, 0.29) is 11.7 Å². The van der Waals surface area contributed by atoms with Crippen LogP contribution in [0.1, 0.15) is 19.2 Å². The molecule has 0 aliphatic rings. The Labute approximate surface area is 168 Å². The highest BCUT2D eigenvalue weighted by molar-refractivity contribution is 9.10. The van der Waals surface area contributed by atoms with Crippen molar-refractivity contribution in [3.05, 3.63) is 39.9 Å². The first kappa shape index (κ1) is 19.1. The minimum Gasteiger partial charge on any atom is -0.306 e. The SMILES string of the molecule is CCCn1c(C)nnc1SCC(=O)Nc1nc(-c2ccc(Br)cc2)cs1. The van der Waals surface area contributed by atoms with Crippen molar-refractivity contribution in [1.29, 1.82) is 0 Å². The predicted octanol–water partition coefficient (Wildman–Crippen LogP) is 4.61. The van der Waals surface area contributed by atoms with Crippen LogP contribution in [0.3, 0.4) is 0 Å². The van der Waals surface area contributed by atoms with Crippen LogP contribution in [0.15, 0.2) is 39.3 Å². The number of aromatic nitrogens is 4. The average molecular weight is 452 g/mol.